The maximum Gasteiger partial charge on any atom is 0.274 e. The number of benzene rings is 1. The quantitative estimate of drug-likeness (QED) is 0.912. The van der Waals surface area contributed by atoms with Crippen LogP contribution in [0.4, 0.5) is 11.5 Å². The van der Waals surface area contributed by atoms with Gasteiger partial charge in [0, 0.05) is 23.8 Å². The first-order valence-electron chi connectivity index (χ1n) is 8.19. The average molecular weight is 345 g/mol. The minimum absolute atomic E-state index is 0.0418. The summed E-state index contributed by atoms with van der Waals surface area (Å²) in [6.45, 7) is 5.80. The van der Waals surface area contributed by atoms with Gasteiger partial charge in [-0.1, -0.05) is 24.6 Å². The predicted octanol–water partition coefficient (Wildman–Crippen LogP) is 4.05. The van der Waals surface area contributed by atoms with Gasteiger partial charge in [-0.3, -0.25) is 4.79 Å². The van der Waals surface area contributed by atoms with E-state index in [0.29, 0.717) is 22.5 Å². The fraction of sp³-hybridized carbons (Fsp3) is 0.389. The minimum Gasteiger partial charge on any atom is -0.338 e. The molecule has 0 saturated carbocycles. The number of nitrogens with zero attached hydrogens (tertiary/aromatic N) is 3. The predicted molar refractivity (Wildman–Crippen MR) is 95.8 cm³/mol. The molecule has 0 aliphatic carbocycles. The van der Waals surface area contributed by atoms with E-state index >= 15 is 0 Å². The Labute approximate surface area is 147 Å². The van der Waals surface area contributed by atoms with Crippen LogP contribution in [0.25, 0.3) is 0 Å². The molecule has 1 saturated heterocycles. The zero-order chi connectivity index (χ0) is 17.1. The van der Waals surface area contributed by atoms with E-state index in [4.69, 9.17) is 11.6 Å². The van der Waals surface area contributed by atoms with Crippen molar-refractivity contribution < 1.29 is 4.79 Å². The Balaban J connectivity index is 1.69. The van der Waals surface area contributed by atoms with Crippen LogP contribution in [-0.4, -0.2) is 34.1 Å². The number of amides is 1. The Kier molecular flexibility index (Phi) is 5.00. The number of piperidine rings is 1. The van der Waals surface area contributed by atoms with Crippen LogP contribution >= 0.6 is 11.6 Å². The van der Waals surface area contributed by atoms with Crippen molar-refractivity contribution in [2.45, 2.75) is 26.7 Å². The van der Waals surface area contributed by atoms with Crippen LogP contribution in [0.1, 0.15) is 35.8 Å². The van der Waals surface area contributed by atoms with Gasteiger partial charge in [-0.15, -0.1) is 10.2 Å². The Hall–Kier alpha value is -2.14. The molecule has 6 heteroatoms. The highest BCUT2D eigenvalue weighted by Crippen LogP contribution is 2.23. The highest BCUT2D eigenvalue weighted by Gasteiger charge is 2.22. The van der Waals surface area contributed by atoms with Crippen LogP contribution in [0, 0.1) is 12.8 Å². The average Bonchev–Trinajstić information content (AvgIpc) is 2.59. The lowest BCUT2D eigenvalue weighted by atomic mass is 9.99. The zero-order valence-corrected chi connectivity index (χ0v) is 14.7. The van der Waals surface area contributed by atoms with Crippen LogP contribution < -0.4 is 5.32 Å². The van der Waals surface area contributed by atoms with Gasteiger partial charge in [0.25, 0.3) is 5.91 Å². The van der Waals surface area contributed by atoms with E-state index < -0.39 is 0 Å². The topological polar surface area (TPSA) is 58.1 Å². The fourth-order valence-corrected chi connectivity index (χ4v) is 2.93. The van der Waals surface area contributed by atoms with Crippen molar-refractivity contribution in [3.63, 3.8) is 0 Å². The number of anilines is 2. The summed E-state index contributed by atoms with van der Waals surface area (Å²) in [4.78, 5) is 14.3. The molecule has 1 amide bonds. The molecular weight excluding hydrogens is 324 g/mol. The number of hydrogen-bond donors (Lipinski definition) is 1. The maximum absolute atomic E-state index is 12.5. The molecule has 1 N–H and O–H groups in total. The van der Waals surface area contributed by atoms with Crippen molar-refractivity contribution in [1.29, 1.82) is 0 Å². The highest BCUT2D eigenvalue weighted by molar-refractivity contribution is 6.30. The van der Waals surface area contributed by atoms with E-state index in [-0.39, 0.29) is 5.91 Å². The van der Waals surface area contributed by atoms with Crippen molar-refractivity contribution in [2.75, 3.05) is 18.4 Å². The normalized spacial score (nSPS) is 15.4. The van der Waals surface area contributed by atoms with Crippen molar-refractivity contribution in [2.24, 2.45) is 5.92 Å². The third-order valence-electron chi connectivity index (χ3n) is 4.42. The molecule has 5 nitrogen and oxygen atoms in total. The number of carbonyl (C=O) groups is 1. The van der Waals surface area contributed by atoms with Gasteiger partial charge in [-0.25, -0.2) is 0 Å². The second kappa shape index (κ2) is 7.18. The number of nitrogens with one attached hydrogen (secondary N) is 1. The summed E-state index contributed by atoms with van der Waals surface area (Å²) >= 11 is 6.02. The first-order valence-corrected chi connectivity index (χ1v) is 8.57. The number of aromatic nitrogens is 2. The Morgan fingerprint density at radius 2 is 1.96 bits per heavy atom. The standard InChI is InChI=1S/C18H21ClN4O/c1-12-7-9-23(10-8-12)18(24)15-5-6-17(22-21-15)20-16-11-14(19)4-3-13(16)2/h3-6,11-12H,7-10H2,1-2H3,(H,20,22). The molecule has 2 aromatic rings. The van der Waals surface area contributed by atoms with Crippen molar-refractivity contribution in [1.82, 2.24) is 15.1 Å². The van der Waals surface area contributed by atoms with Gasteiger partial charge >= 0.3 is 0 Å². The Bertz CT molecular complexity index is 724. The lowest BCUT2D eigenvalue weighted by molar-refractivity contribution is 0.0690. The van der Waals surface area contributed by atoms with Crippen LogP contribution in [0.15, 0.2) is 30.3 Å². The van der Waals surface area contributed by atoms with Crippen molar-refractivity contribution in [3.05, 3.63) is 46.6 Å². The molecule has 1 fully saturated rings. The summed E-state index contributed by atoms with van der Waals surface area (Å²) in [5.41, 5.74) is 2.32. The van der Waals surface area contributed by atoms with Gasteiger partial charge in [0.1, 0.15) is 0 Å². The second-order valence-corrected chi connectivity index (χ2v) is 6.80. The number of carbonyl (C=O) groups excluding carboxylic acids is 1. The summed E-state index contributed by atoms with van der Waals surface area (Å²) in [5, 5.41) is 12.0. The fourth-order valence-electron chi connectivity index (χ4n) is 2.75. The number of hydrogen-bond acceptors (Lipinski definition) is 4. The van der Waals surface area contributed by atoms with Crippen LogP contribution in [0.5, 0.6) is 0 Å². The number of halogens is 1. The van der Waals surface area contributed by atoms with E-state index in [1.807, 2.05) is 30.0 Å². The summed E-state index contributed by atoms with van der Waals surface area (Å²) < 4.78 is 0. The Morgan fingerprint density at radius 3 is 2.62 bits per heavy atom. The lowest BCUT2D eigenvalue weighted by Gasteiger charge is -2.29. The molecule has 2 heterocycles. The molecule has 0 atom stereocenters. The monoisotopic (exact) mass is 344 g/mol. The Morgan fingerprint density at radius 1 is 1.21 bits per heavy atom. The molecule has 1 aliphatic rings. The zero-order valence-electron chi connectivity index (χ0n) is 13.9. The molecule has 24 heavy (non-hydrogen) atoms. The summed E-state index contributed by atoms with van der Waals surface area (Å²) in [5.74, 6) is 1.23. The van der Waals surface area contributed by atoms with Crippen LogP contribution in [0.3, 0.4) is 0 Å². The molecule has 126 valence electrons. The summed E-state index contributed by atoms with van der Waals surface area (Å²) in [6.07, 6.45) is 2.10. The van der Waals surface area contributed by atoms with Crippen molar-refractivity contribution >= 4 is 29.0 Å². The van der Waals surface area contributed by atoms with E-state index in [9.17, 15) is 4.79 Å². The van der Waals surface area contributed by atoms with E-state index in [0.717, 1.165) is 37.2 Å². The molecule has 0 spiro atoms. The van der Waals surface area contributed by atoms with E-state index in [2.05, 4.69) is 22.4 Å². The van der Waals surface area contributed by atoms with Gasteiger partial charge < -0.3 is 10.2 Å². The first-order chi connectivity index (χ1) is 11.5. The number of aryl methyl sites for hydroxylation is 1. The number of rotatable bonds is 3. The van der Waals surface area contributed by atoms with Gasteiger partial charge in [0.05, 0.1) is 0 Å². The molecule has 0 radical (unpaired) electrons. The lowest BCUT2D eigenvalue weighted by Crippen LogP contribution is -2.38. The minimum atomic E-state index is -0.0418. The third kappa shape index (κ3) is 3.85. The van der Waals surface area contributed by atoms with Gasteiger partial charge in [0.15, 0.2) is 11.5 Å². The van der Waals surface area contributed by atoms with E-state index in [1.54, 1.807) is 12.1 Å². The summed E-state index contributed by atoms with van der Waals surface area (Å²) in [7, 11) is 0. The van der Waals surface area contributed by atoms with Gasteiger partial charge in [-0.05, 0) is 55.5 Å². The smallest absolute Gasteiger partial charge is 0.274 e. The van der Waals surface area contributed by atoms with Crippen molar-refractivity contribution in [3.8, 4) is 0 Å². The van der Waals surface area contributed by atoms with E-state index in [1.165, 1.54) is 0 Å². The van der Waals surface area contributed by atoms with Crippen LogP contribution in [0.2, 0.25) is 5.02 Å². The van der Waals surface area contributed by atoms with Gasteiger partial charge in [0.2, 0.25) is 0 Å². The second-order valence-electron chi connectivity index (χ2n) is 6.36. The molecule has 1 aromatic heterocycles. The molecule has 1 aliphatic heterocycles. The highest BCUT2D eigenvalue weighted by atomic mass is 35.5. The van der Waals surface area contributed by atoms with Gasteiger partial charge in [-0.2, -0.15) is 0 Å². The molecule has 1 aromatic carbocycles. The summed E-state index contributed by atoms with van der Waals surface area (Å²) in [6, 6.07) is 9.11. The largest absolute Gasteiger partial charge is 0.338 e. The molecule has 0 unspecified atom stereocenters. The SMILES string of the molecule is Cc1ccc(Cl)cc1Nc1ccc(C(=O)N2CCC(C)CC2)nn1. The third-order valence-corrected chi connectivity index (χ3v) is 4.65. The maximum atomic E-state index is 12.5. The number of likely N-dealkylation sites (tertiary alicyclic amines) is 1. The molecular formula is C18H21ClN4O. The molecule has 0 bridgehead atoms. The molecule has 3 rings (SSSR count). The van der Waals surface area contributed by atoms with Crippen LogP contribution in [-0.2, 0) is 0 Å². The first kappa shape index (κ1) is 16.7.